The van der Waals surface area contributed by atoms with Gasteiger partial charge in [-0.05, 0) is 58.7 Å². The van der Waals surface area contributed by atoms with E-state index in [1.165, 1.54) is 0 Å². The second-order valence-electron chi connectivity index (χ2n) is 8.81. The summed E-state index contributed by atoms with van der Waals surface area (Å²) in [6.45, 7) is 2.32. The van der Waals surface area contributed by atoms with Crippen molar-refractivity contribution in [3.8, 4) is 16.9 Å². The van der Waals surface area contributed by atoms with Crippen molar-refractivity contribution in [2.24, 2.45) is 0 Å². The van der Waals surface area contributed by atoms with E-state index in [0.717, 1.165) is 28.9 Å². The molecule has 0 unspecified atom stereocenters. The molecule has 4 aromatic carbocycles. The molecule has 0 bridgehead atoms. The van der Waals surface area contributed by atoms with Crippen LogP contribution in [-0.4, -0.2) is 30.1 Å². The molecular formula is C30H25ClN2O4. The van der Waals surface area contributed by atoms with E-state index in [2.05, 4.69) is 10.2 Å². The average molecular weight is 513 g/mol. The summed E-state index contributed by atoms with van der Waals surface area (Å²) in [6, 6.07) is 27.8. The first-order valence-corrected chi connectivity index (χ1v) is 12.3. The molecule has 0 spiro atoms. The highest BCUT2D eigenvalue weighted by atomic mass is 35.5. The van der Waals surface area contributed by atoms with Gasteiger partial charge in [0.1, 0.15) is 12.4 Å². The Morgan fingerprint density at radius 2 is 1.65 bits per heavy atom. The molecule has 0 saturated heterocycles. The van der Waals surface area contributed by atoms with Crippen LogP contribution in [0.5, 0.6) is 5.75 Å². The van der Waals surface area contributed by atoms with Gasteiger partial charge >= 0.3 is 5.97 Å². The molecule has 186 valence electrons. The zero-order valence-electron chi connectivity index (χ0n) is 20.0. The summed E-state index contributed by atoms with van der Waals surface area (Å²) < 4.78 is 5.88. The van der Waals surface area contributed by atoms with Crippen molar-refractivity contribution in [3.63, 3.8) is 0 Å². The number of carbonyl (C=O) groups is 2. The van der Waals surface area contributed by atoms with Gasteiger partial charge < -0.3 is 20.1 Å². The molecule has 0 saturated carbocycles. The Kier molecular flexibility index (Phi) is 7.10. The normalized spacial score (nSPS) is 12.4. The third-order valence-corrected chi connectivity index (χ3v) is 6.60. The highest BCUT2D eigenvalue weighted by Gasteiger charge is 2.20. The number of ether oxygens (including phenoxy) is 1. The molecule has 0 fully saturated rings. The first-order valence-electron chi connectivity index (χ1n) is 11.9. The number of hydrogen-bond acceptors (Lipinski definition) is 4. The molecule has 0 aliphatic carbocycles. The zero-order chi connectivity index (χ0) is 25.8. The minimum absolute atomic E-state index is 0.171. The number of aromatic carboxylic acids is 1. The molecule has 1 aliphatic heterocycles. The van der Waals surface area contributed by atoms with Gasteiger partial charge in [-0.25, -0.2) is 4.79 Å². The smallest absolute Gasteiger partial charge is 0.336 e. The molecule has 1 aliphatic rings. The van der Waals surface area contributed by atoms with Gasteiger partial charge in [-0.1, -0.05) is 66.2 Å². The molecule has 6 nitrogen and oxygen atoms in total. The Morgan fingerprint density at radius 3 is 2.41 bits per heavy atom. The Balaban J connectivity index is 1.27. The van der Waals surface area contributed by atoms with Crippen molar-refractivity contribution < 1.29 is 19.4 Å². The number of amides is 1. The Hall–Kier alpha value is -4.29. The lowest BCUT2D eigenvalue weighted by molar-refractivity contribution is 0.0697. The van der Waals surface area contributed by atoms with Crippen LogP contribution in [0.15, 0.2) is 91.0 Å². The van der Waals surface area contributed by atoms with E-state index in [9.17, 15) is 14.7 Å². The van der Waals surface area contributed by atoms with E-state index in [-0.39, 0.29) is 11.5 Å². The van der Waals surface area contributed by atoms with Crippen molar-refractivity contribution in [2.45, 2.75) is 13.1 Å². The number of benzene rings is 4. The van der Waals surface area contributed by atoms with Crippen LogP contribution in [0.2, 0.25) is 5.02 Å². The van der Waals surface area contributed by atoms with Gasteiger partial charge in [-0.15, -0.1) is 0 Å². The van der Waals surface area contributed by atoms with Crippen LogP contribution < -0.4 is 15.0 Å². The van der Waals surface area contributed by atoms with Gasteiger partial charge in [0, 0.05) is 23.7 Å². The highest BCUT2D eigenvalue weighted by molar-refractivity contribution is 6.30. The predicted octanol–water partition coefficient (Wildman–Crippen LogP) is 6.03. The number of anilines is 1. The van der Waals surface area contributed by atoms with E-state index in [0.29, 0.717) is 41.6 Å². The zero-order valence-corrected chi connectivity index (χ0v) is 20.7. The summed E-state index contributed by atoms with van der Waals surface area (Å²) in [6.07, 6.45) is 0. The summed E-state index contributed by atoms with van der Waals surface area (Å²) in [7, 11) is 0. The largest absolute Gasteiger partial charge is 0.490 e. The number of halogens is 1. The number of nitrogens with one attached hydrogen (secondary N) is 1. The molecule has 7 heteroatoms. The number of rotatable bonds is 7. The monoisotopic (exact) mass is 512 g/mol. The lowest BCUT2D eigenvalue weighted by Gasteiger charge is -2.31. The minimum Gasteiger partial charge on any atom is -0.490 e. The average Bonchev–Trinajstić information content (AvgIpc) is 2.93. The van der Waals surface area contributed by atoms with Gasteiger partial charge in [-0.3, -0.25) is 4.79 Å². The first kappa shape index (κ1) is 24.4. The fourth-order valence-electron chi connectivity index (χ4n) is 4.40. The molecule has 4 aromatic rings. The van der Waals surface area contributed by atoms with E-state index in [4.69, 9.17) is 16.3 Å². The Morgan fingerprint density at radius 1 is 0.919 bits per heavy atom. The van der Waals surface area contributed by atoms with Crippen molar-refractivity contribution >= 4 is 29.2 Å². The number of carbonyl (C=O) groups excluding carboxylic acids is 1. The van der Waals surface area contributed by atoms with Crippen LogP contribution in [-0.2, 0) is 13.1 Å². The van der Waals surface area contributed by atoms with E-state index in [1.54, 1.807) is 30.3 Å². The maximum Gasteiger partial charge on any atom is 0.336 e. The van der Waals surface area contributed by atoms with E-state index >= 15 is 0 Å². The van der Waals surface area contributed by atoms with Gasteiger partial charge in [-0.2, -0.15) is 0 Å². The molecule has 0 radical (unpaired) electrons. The molecule has 1 amide bonds. The molecule has 37 heavy (non-hydrogen) atoms. The van der Waals surface area contributed by atoms with Crippen LogP contribution in [0, 0.1) is 0 Å². The van der Waals surface area contributed by atoms with Gasteiger partial charge in [0.2, 0.25) is 0 Å². The van der Waals surface area contributed by atoms with Gasteiger partial charge in [0.25, 0.3) is 5.91 Å². The van der Waals surface area contributed by atoms with E-state index < -0.39 is 5.97 Å². The number of nitrogens with zero attached hydrogens (tertiary/aromatic N) is 1. The number of hydrogen-bond donors (Lipinski definition) is 2. The quantitative estimate of drug-likeness (QED) is 0.316. The maximum absolute atomic E-state index is 12.7. The van der Waals surface area contributed by atoms with Gasteiger partial charge in [0.05, 0.1) is 17.8 Å². The second kappa shape index (κ2) is 10.8. The SMILES string of the molecule is O=C(NCc1ccc(Cl)cc1)c1ccc2c(c1)OCCN2Cc1ccc(-c2ccccc2C(=O)O)cc1. The molecule has 2 N–H and O–H groups in total. The number of carboxylic acid groups (broad SMARTS) is 1. The van der Waals surface area contributed by atoms with Crippen molar-refractivity contribution in [1.29, 1.82) is 0 Å². The summed E-state index contributed by atoms with van der Waals surface area (Å²) in [4.78, 5) is 26.5. The molecule has 5 rings (SSSR count). The van der Waals surface area contributed by atoms with Crippen molar-refractivity contribution in [2.75, 3.05) is 18.1 Å². The summed E-state index contributed by atoms with van der Waals surface area (Å²) >= 11 is 5.92. The predicted molar refractivity (Wildman–Crippen MR) is 144 cm³/mol. The molecular weight excluding hydrogens is 488 g/mol. The third-order valence-electron chi connectivity index (χ3n) is 6.34. The third kappa shape index (κ3) is 5.60. The van der Waals surface area contributed by atoms with Crippen molar-refractivity contribution in [3.05, 3.63) is 118 Å². The van der Waals surface area contributed by atoms with Gasteiger partial charge in [0.15, 0.2) is 0 Å². The summed E-state index contributed by atoms with van der Waals surface area (Å²) in [5.74, 6) is -0.435. The molecule has 0 atom stereocenters. The number of fused-ring (bicyclic) bond motifs is 1. The topological polar surface area (TPSA) is 78.9 Å². The molecule has 0 aromatic heterocycles. The maximum atomic E-state index is 12.7. The fraction of sp³-hybridized carbons (Fsp3) is 0.133. The Labute approximate surface area is 220 Å². The number of carboxylic acids is 1. The van der Waals surface area contributed by atoms with Crippen LogP contribution >= 0.6 is 11.6 Å². The van der Waals surface area contributed by atoms with Crippen LogP contribution in [0.3, 0.4) is 0 Å². The standard InChI is InChI=1S/C30H25ClN2O4/c31-24-12-7-20(8-13-24)18-32-29(34)23-11-14-27-28(17-23)37-16-15-33(27)19-21-5-9-22(10-6-21)25-3-1-2-4-26(25)30(35)36/h1-14,17H,15-16,18-19H2,(H,32,34)(H,35,36). The second-order valence-corrected chi connectivity index (χ2v) is 9.25. The molecule has 1 heterocycles. The van der Waals surface area contributed by atoms with Crippen molar-refractivity contribution in [1.82, 2.24) is 5.32 Å². The fourth-order valence-corrected chi connectivity index (χ4v) is 4.53. The lowest BCUT2D eigenvalue weighted by atomic mass is 9.98. The Bertz CT molecular complexity index is 1440. The van der Waals surface area contributed by atoms with Crippen LogP contribution in [0.1, 0.15) is 31.8 Å². The van der Waals surface area contributed by atoms with Crippen LogP contribution in [0.4, 0.5) is 5.69 Å². The minimum atomic E-state index is -0.942. The lowest BCUT2D eigenvalue weighted by Crippen LogP contribution is -2.32. The highest BCUT2D eigenvalue weighted by Crippen LogP contribution is 2.34. The summed E-state index contributed by atoms with van der Waals surface area (Å²) in [5, 5.41) is 13.1. The van der Waals surface area contributed by atoms with Crippen LogP contribution in [0.25, 0.3) is 11.1 Å². The first-order chi connectivity index (χ1) is 18.0. The summed E-state index contributed by atoms with van der Waals surface area (Å²) in [5.41, 5.74) is 5.37. The van der Waals surface area contributed by atoms with E-state index in [1.807, 2.05) is 60.7 Å².